The summed E-state index contributed by atoms with van der Waals surface area (Å²) in [5.41, 5.74) is 0. The van der Waals surface area contributed by atoms with Gasteiger partial charge in [0.15, 0.2) is 0 Å². The Morgan fingerprint density at radius 1 is 1.40 bits per heavy atom. The monoisotopic (exact) mass is 137 g/mol. The van der Waals surface area contributed by atoms with Crippen molar-refractivity contribution in [3.8, 4) is 0 Å². The van der Waals surface area contributed by atoms with Gasteiger partial charge in [-0.25, -0.2) is 15.0 Å². The van der Waals surface area contributed by atoms with Gasteiger partial charge in [0.05, 0.1) is 0 Å². The summed E-state index contributed by atoms with van der Waals surface area (Å²) >= 11 is 0. The first-order valence-corrected chi connectivity index (χ1v) is 2.98. The van der Waals surface area contributed by atoms with E-state index in [-0.39, 0.29) is 0 Å². The molecule has 0 radical (unpaired) electrons. The zero-order valence-corrected chi connectivity index (χ0v) is 5.40. The maximum absolute atomic E-state index is 9.91. The van der Waals surface area contributed by atoms with E-state index < -0.39 is 0 Å². The molecule has 52 valence electrons. The minimum Gasteiger partial charge on any atom is -0.303 e. The van der Waals surface area contributed by atoms with Crippen LogP contribution < -0.4 is 0 Å². The average molecular weight is 137 g/mol. The lowest BCUT2D eigenvalue weighted by molar-refractivity contribution is -0.107. The van der Waals surface area contributed by atoms with Crippen molar-refractivity contribution in [3.63, 3.8) is 0 Å². The molecule has 0 saturated carbocycles. The van der Waals surface area contributed by atoms with Gasteiger partial charge in [-0.2, -0.15) is 0 Å². The van der Waals surface area contributed by atoms with Crippen molar-refractivity contribution in [1.29, 1.82) is 0 Å². The molecule has 0 atom stereocenters. The third-order valence-electron chi connectivity index (χ3n) is 1.03. The maximum Gasteiger partial charge on any atom is 0.132 e. The SMILES string of the molecule is O=CCCc1ncncn1. The number of hydrogen-bond acceptors (Lipinski definition) is 4. The molecule has 0 aliphatic carbocycles. The predicted molar refractivity (Wildman–Crippen MR) is 34.2 cm³/mol. The Morgan fingerprint density at radius 2 is 2.10 bits per heavy atom. The number of hydrogen-bond donors (Lipinski definition) is 0. The van der Waals surface area contributed by atoms with Gasteiger partial charge in [0.25, 0.3) is 0 Å². The number of carbonyl (C=O) groups is 1. The molecule has 0 aliphatic rings. The molecule has 0 saturated heterocycles. The largest absolute Gasteiger partial charge is 0.303 e. The van der Waals surface area contributed by atoms with E-state index >= 15 is 0 Å². The third-order valence-corrected chi connectivity index (χ3v) is 1.03. The van der Waals surface area contributed by atoms with E-state index in [1.165, 1.54) is 12.7 Å². The van der Waals surface area contributed by atoms with E-state index in [4.69, 9.17) is 0 Å². The van der Waals surface area contributed by atoms with Gasteiger partial charge in [0.1, 0.15) is 24.8 Å². The highest BCUT2D eigenvalue weighted by Crippen LogP contribution is 1.88. The molecular formula is C6H7N3O. The highest BCUT2D eigenvalue weighted by atomic mass is 16.1. The Balaban J connectivity index is 2.50. The summed E-state index contributed by atoms with van der Waals surface area (Å²) in [5, 5.41) is 0. The summed E-state index contributed by atoms with van der Waals surface area (Å²) in [7, 11) is 0. The van der Waals surface area contributed by atoms with Gasteiger partial charge < -0.3 is 4.79 Å². The summed E-state index contributed by atoms with van der Waals surface area (Å²) in [6, 6.07) is 0. The summed E-state index contributed by atoms with van der Waals surface area (Å²) in [4.78, 5) is 21.2. The number of aromatic nitrogens is 3. The summed E-state index contributed by atoms with van der Waals surface area (Å²) < 4.78 is 0. The van der Waals surface area contributed by atoms with Crippen molar-refractivity contribution >= 4 is 6.29 Å². The maximum atomic E-state index is 9.91. The molecule has 1 aromatic rings. The lowest BCUT2D eigenvalue weighted by Gasteiger charge is -1.90. The van der Waals surface area contributed by atoms with E-state index in [0.717, 1.165) is 6.29 Å². The predicted octanol–water partition coefficient (Wildman–Crippen LogP) is 0.00310. The molecule has 4 heteroatoms. The Bertz CT molecular complexity index is 199. The number of carbonyl (C=O) groups excluding carboxylic acids is 1. The zero-order valence-electron chi connectivity index (χ0n) is 5.40. The zero-order chi connectivity index (χ0) is 7.23. The molecule has 0 N–H and O–H groups in total. The number of rotatable bonds is 3. The molecule has 0 spiro atoms. The second kappa shape index (κ2) is 3.66. The average Bonchev–Trinajstić information content (AvgIpc) is 2.03. The molecule has 1 aromatic heterocycles. The van der Waals surface area contributed by atoms with E-state index in [1.807, 2.05) is 0 Å². The molecule has 0 fully saturated rings. The van der Waals surface area contributed by atoms with E-state index in [0.29, 0.717) is 18.7 Å². The summed E-state index contributed by atoms with van der Waals surface area (Å²) in [6.45, 7) is 0. The van der Waals surface area contributed by atoms with Crippen LogP contribution >= 0.6 is 0 Å². The van der Waals surface area contributed by atoms with Gasteiger partial charge >= 0.3 is 0 Å². The summed E-state index contributed by atoms with van der Waals surface area (Å²) in [6.07, 6.45) is 4.78. The Morgan fingerprint density at radius 3 is 2.70 bits per heavy atom. The van der Waals surface area contributed by atoms with Crippen molar-refractivity contribution < 1.29 is 4.79 Å². The van der Waals surface area contributed by atoms with Crippen LogP contribution in [-0.2, 0) is 11.2 Å². The van der Waals surface area contributed by atoms with Crippen molar-refractivity contribution in [2.75, 3.05) is 0 Å². The second-order valence-corrected chi connectivity index (χ2v) is 1.76. The Labute approximate surface area is 58.3 Å². The minimum absolute atomic E-state index is 0.476. The normalized spacial score (nSPS) is 9.20. The van der Waals surface area contributed by atoms with Crippen molar-refractivity contribution in [3.05, 3.63) is 18.5 Å². The quantitative estimate of drug-likeness (QED) is 0.550. The lowest BCUT2D eigenvalue weighted by atomic mass is 10.3. The molecule has 0 amide bonds. The number of nitrogens with zero attached hydrogens (tertiary/aromatic N) is 3. The van der Waals surface area contributed by atoms with Crippen LogP contribution in [0.25, 0.3) is 0 Å². The molecule has 1 heterocycles. The molecule has 0 aliphatic heterocycles. The highest BCUT2D eigenvalue weighted by molar-refractivity contribution is 5.49. The fourth-order valence-electron chi connectivity index (χ4n) is 0.580. The second-order valence-electron chi connectivity index (χ2n) is 1.76. The Kier molecular flexibility index (Phi) is 2.49. The highest BCUT2D eigenvalue weighted by Gasteiger charge is 1.91. The molecule has 0 unspecified atom stereocenters. The molecule has 0 bridgehead atoms. The molecule has 10 heavy (non-hydrogen) atoms. The topological polar surface area (TPSA) is 55.7 Å². The van der Waals surface area contributed by atoms with Crippen LogP contribution in [0.4, 0.5) is 0 Å². The molecular weight excluding hydrogens is 130 g/mol. The van der Waals surface area contributed by atoms with Crippen LogP contribution in [0, 0.1) is 0 Å². The van der Waals surface area contributed by atoms with Crippen molar-refractivity contribution in [2.24, 2.45) is 0 Å². The molecule has 0 aromatic carbocycles. The van der Waals surface area contributed by atoms with Crippen molar-refractivity contribution in [1.82, 2.24) is 15.0 Å². The first-order chi connectivity index (χ1) is 4.93. The molecule has 1 rings (SSSR count). The van der Waals surface area contributed by atoms with Gasteiger partial charge in [0.2, 0.25) is 0 Å². The van der Waals surface area contributed by atoms with Crippen LogP contribution in [0.2, 0.25) is 0 Å². The Hall–Kier alpha value is -1.32. The first-order valence-electron chi connectivity index (χ1n) is 2.98. The van der Waals surface area contributed by atoms with E-state index in [2.05, 4.69) is 15.0 Å². The first kappa shape index (κ1) is 6.80. The van der Waals surface area contributed by atoms with E-state index in [1.54, 1.807) is 0 Å². The lowest BCUT2D eigenvalue weighted by Crippen LogP contribution is -1.94. The third kappa shape index (κ3) is 1.89. The van der Waals surface area contributed by atoms with Gasteiger partial charge in [0, 0.05) is 12.8 Å². The fourth-order valence-corrected chi connectivity index (χ4v) is 0.580. The number of aryl methyl sites for hydroxylation is 1. The fraction of sp³-hybridized carbons (Fsp3) is 0.333. The minimum atomic E-state index is 0.476. The van der Waals surface area contributed by atoms with Crippen molar-refractivity contribution in [2.45, 2.75) is 12.8 Å². The van der Waals surface area contributed by atoms with Crippen LogP contribution in [0.1, 0.15) is 12.2 Å². The van der Waals surface area contributed by atoms with Crippen LogP contribution in [0.15, 0.2) is 12.7 Å². The molecule has 4 nitrogen and oxygen atoms in total. The summed E-state index contributed by atoms with van der Waals surface area (Å²) in [5.74, 6) is 0.669. The smallest absolute Gasteiger partial charge is 0.132 e. The number of aldehydes is 1. The van der Waals surface area contributed by atoms with Crippen LogP contribution in [-0.4, -0.2) is 21.2 Å². The van der Waals surface area contributed by atoms with Crippen LogP contribution in [0.3, 0.4) is 0 Å². The van der Waals surface area contributed by atoms with Gasteiger partial charge in [-0.05, 0) is 0 Å². The van der Waals surface area contributed by atoms with Gasteiger partial charge in [-0.3, -0.25) is 0 Å². The van der Waals surface area contributed by atoms with E-state index in [9.17, 15) is 4.79 Å². The van der Waals surface area contributed by atoms with Gasteiger partial charge in [-0.15, -0.1) is 0 Å². The van der Waals surface area contributed by atoms with Crippen LogP contribution in [0.5, 0.6) is 0 Å². The van der Waals surface area contributed by atoms with Gasteiger partial charge in [-0.1, -0.05) is 0 Å². The standard InChI is InChI=1S/C6H7N3O/c10-3-1-2-6-8-4-7-5-9-6/h3-5H,1-2H2.